The Kier molecular flexibility index (Phi) is 6.48. The van der Waals surface area contributed by atoms with Gasteiger partial charge in [-0.05, 0) is 61.2 Å². The van der Waals surface area contributed by atoms with Crippen molar-refractivity contribution in [2.45, 2.75) is 32.2 Å². The highest BCUT2D eigenvalue weighted by Gasteiger charge is 2.33. The van der Waals surface area contributed by atoms with E-state index in [4.69, 9.17) is 11.6 Å². The number of halogens is 1. The van der Waals surface area contributed by atoms with Crippen LogP contribution in [0.3, 0.4) is 0 Å². The fourth-order valence-corrected chi connectivity index (χ4v) is 4.48. The first-order valence-electron chi connectivity index (χ1n) is 10.1. The van der Waals surface area contributed by atoms with E-state index in [1.165, 1.54) is 16.9 Å². The predicted octanol–water partition coefficient (Wildman–Crippen LogP) is 5.38. The lowest BCUT2D eigenvalue weighted by molar-refractivity contribution is 0.102. The third-order valence-corrected chi connectivity index (χ3v) is 6.42. The Morgan fingerprint density at radius 3 is 2.45 bits per heavy atom. The van der Waals surface area contributed by atoms with Crippen molar-refractivity contribution in [2.75, 3.05) is 17.2 Å². The van der Waals surface area contributed by atoms with Gasteiger partial charge in [0.2, 0.25) is 5.01 Å². The minimum atomic E-state index is -0.337. The topological polar surface area (TPSA) is 87.2 Å². The molecule has 2 aromatic carbocycles. The second-order valence-electron chi connectivity index (χ2n) is 7.24. The van der Waals surface area contributed by atoms with Crippen LogP contribution in [0.25, 0.3) is 0 Å². The standard InChI is InChI=1S/C22H22ClN5O2S/c1-2-14-5-9-17(10-6-14)25-22(30)28-13-3-4-18(28)20-26-27-21(31-20)19(29)24-16-11-7-15(23)8-12-16/h5-12,18H,2-4,13H2,1H3,(H,24,29)(H,25,30)/t18-/m1/s1. The number of hydrogen-bond donors (Lipinski definition) is 2. The molecule has 3 aromatic rings. The third-order valence-electron chi connectivity index (χ3n) is 5.15. The molecule has 0 spiro atoms. The van der Waals surface area contributed by atoms with Crippen LogP contribution in [0.15, 0.2) is 48.5 Å². The van der Waals surface area contributed by atoms with E-state index in [9.17, 15) is 9.59 Å². The zero-order valence-electron chi connectivity index (χ0n) is 17.0. The number of carbonyl (C=O) groups excluding carboxylic acids is 2. The molecule has 0 radical (unpaired) electrons. The Labute approximate surface area is 189 Å². The lowest BCUT2D eigenvalue weighted by Gasteiger charge is -2.23. The van der Waals surface area contributed by atoms with Crippen molar-refractivity contribution in [3.8, 4) is 0 Å². The summed E-state index contributed by atoms with van der Waals surface area (Å²) in [4.78, 5) is 27.1. The van der Waals surface area contributed by atoms with Crippen LogP contribution >= 0.6 is 22.9 Å². The van der Waals surface area contributed by atoms with E-state index in [1.807, 2.05) is 24.3 Å². The van der Waals surface area contributed by atoms with Crippen LogP contribution in [-0.2, 0) is 6.42 Å². The summed E-state index contributed by atoms with van der Waals surface area (Å²) in [6, 6.07) is 14.3. The number of amides is 3. The van der Waals surface area contributed by atoms with Gasteiger partial charge in [-0.2, -0.15) is 0 Å². The molecule has 9 heteroatoms. The molecular weight excluding hydrogens is 434 g/mol. The lowest BCUT2D eigenvalue weighted by Crippen LogP contribution is -2.34. The van der Waals surface area contributed by atoms with Gasteiger partial charge in [-0.15, -0.1) is 10.2 Å². The fourth-order valence-electron chi connectivity index (χ4n) is 3.46. The Morgan fingerprint density at radius 2 is 1.74 bits per heavy atom. The summed E-state index contributed by atoms with van der Waals surface area (Å²) in [7, 11) is 0. The highest BCUT2D eigenvalue weighted by atomic mass is 35.5. The Balaban J connectivity index is 1.42. The highest BCUT2D eigenvalue weighted by Crippen LogP contribution is 2.34. The van der Waals surface area contributed by atoms with Gasteiger partial charge in [0.25, 0.3) is 5.91 Å². The van der Waals surface area contributed by atoms with Crippen LogP contribution in [0, 0.1) is 0 Å². The van der Waals surface area contributed by atoms with Gasteiger partial charge < -0.3 is 15.5 Å². The number of likely N-dealkylation sites (tertiary alicyclic amines) is 1. The first-order valence-corrected chi connectivity index (χ1v) is 11.3. The van der Waals surface area contributed by atoms with E-state index < -0.39 is 0 Å². The van der Waals surface area contributed by atoms with Gasteiger partial charge in [0, 0.05) is 22.9 Å². The van der Waals surface area contributed by atoms with Crippen LogP contribution in [0.5, 0.6) is 0 Å². The van der Waals surface area contributed by atoms with E-state index in [1.54, 1.807) is 29.2 Å². The molecule has 0 unspecified atom stereocenters. The maximum absolute atomic E-state index is 12.8. The summed E-state index contributed by atoms with van der Waals surface area (Å²) < 4.78 is 0. The third kappa shape index (κ3) is 5.03. The lowest BCUT2D eigenvalue weighted by atomic mass is 10.1. The molecule has 1 saturated heterocycles. The van der Waals surface area contributed by atoms with Crippen LogP contribution < -0.4 is 10.6 Å². The molecule has 7 nitrogen and oxygen atoms in total. The summed E-state index contributed by atoms with van der Waals surface area (Å²) >= 11 is 7.09. The zero-order valence-corrected chi connectivity index (χ0v) is 18.5. The van der Waals surface area contributed by atoms with E-state index in [0.29, 0.717) is 22.3 Å². The van der Waals surface area contributed by atoms with Crippen molar-refractivity contribution in [3.63, 3.8) is 0 Å². The van der Waals surface area contributed by atoms with E-state index >= 15 is 0 Å². The van der Waals surface area contributed by atoms with Gasteiger partial charge in [-0.25, -0.2) is 4.79 Å². The van der Waals surface area contributed by atoms with E-state index in [0.717, 1.165) is 24.9 Å². The summed E-state index contributed by atoms with van der Waals surface area (Å²) in [5, 5.41) is 15.5. The van der Waals surface area contributed by atoms with Crippen molar-refractivity contribution in [3.05, 3.63) is 69.1 Å². The van der Waals surface area contributed by atoms with Crippen LogP contribution in [0.1, 0.15) is 46.2 Å². The zero-order chi connectivity index (χ0) is 21.8. The summed E-state index contributed by atoms with van der Waals surface area (Å²) in [6.45, 7) is 2.73. The van der Waals surface area contributed by atoms with Crippen LogP contribution in [0.2, 0.25) is 5.02 Å². The molecule has 2 N–H and O–H groups in total. The normalized spacial score (nSPS) is 15.7. The molecular formula is C22H22ClN5O2S. The number of aryl methyl sites for hydroxylation is 1. The Hall–Kier alpha value is -2.97. The van der Waals surface area contributed by atoms with Crippen molar-refractivity contribution < 1.29 is 9.59 Å². The molecule has 1 aromatic heterocycles. The summed E-state index contributed by atoms with van der Waals surface area (Å²) in [5.41, 5.74) is 2.60. The first-order chi connectivity index (χ1) is 15.0. The second-order valence-corrected chi connectivity index (χ2v) is 8.68. The monoisotopic (exact) mass is 455 g/mol. The van der Waals surface area contributed by atoms with E-state index in [2.05, 4.69) is 27.8 Å². The van der Waals surface area contributed by atoms with Gasteiger partial charge in [0.15, 0.2) is 0 Å². The van der Waals surface area contributed by atoms with Crippen molar-refractivity contribution in [2.24, 2.45) is 0 Å². The Bertz CT molecular complexity index is 1070. The summed E-state index contributed by atoms with van der Waals surface area (Å²) in [5.74, 6) is -0.337. The number of hydrogen-bond acceptors (Lipinski definition) is 5. The van der Waals surface area contributed by atoms with E-state index in [-0.39, 0.29) is 23.0 Å². The molecule has 3 amide bonds. The van der Waals surface area contributed by atoms with Gasteiger partial charge in [-0.3, -0.25) is 4.79 Å². The average Bonchev–Trinajstić information content (AvgIpc) is 3.45. The SMILES string of the molecule is CCc1ccc(NC(=O)N2CCC[C@@H]2c2nnc(C(=O)Nc3ccc(Cl)cc3)s2)cc1. The summed E-state index contributed by atoms with van der Waals surface area (Å²) in [6.07, 6.45) is 2.61. The number of aromatic nitrogens is 2. The largest absolute Gasteiger partial charge is 0.322 e. The predicted molar refractivity (Wildman–Crippen MR) is 123 cm³/mol. The molecule has 1 aliphatic rings. The van der Waals surface area contributed by atoms with Crippen molar-refractivity contribution in [1.29, 1.82) is 0 Å². The molecule has 31 heavy (non-hydrogen) atoms. The molecule has 1 fully saturated rings. The van der Waals surface area contributed by atoms with Crippen molar-refractivity contribution >= 4 is 46.3 Å². The molecule has 1 atom stereocenters. The smallest absolute Gasteiger partial charge is 0.320 e. The van der Waals surface area contributed by atoms with Gasteiger partial charge in [0.05, 0.1) is 6.04 Å². The van der Waals surface area contributed by atoms with Gasteiger partial charge in [0.1, 0.15) is 5.01 Å². The number of benzene rings is 2. The second kappa shape index (κ2) is 9.45. The highest BCUT2D eigenvalue weighted by molar-refractivity contribution is 7.13. The van der Waals surface area contributed by atoms with Crippen LogP contribution in [-0.4, -0.2) is 33.6 Å². The van der Waals surface area contributed by atoms with Crippen LogP contribution in [0.4, 0.5) is 16.2 Å². The molecule has 4 rings (SSSR count). The molecule has 0 bridgehead atoms. The maximum atomic E-state index is 12.8. The molecule has 1 aliphatic heterocycles. The Morgan fingerprint density at radius 1 is 1.06 bits per heavy atom. The number of rotatable bonds is 5. The number of carbonyl (C=O) groups is 2. The average molecular weight is 456 g/mol. The number of nitrogens with one attached hydrogen (secondary N) is 2. The molecule has 0 aliphatic carbocycles. The minimum Gasteiger partial charge on any atom is -0.320 e. The number of nitrogens with zero attached hydrogens (tertiary/aromatic N) is 3. The van der Waals surface area contributed by atoms with Gasteiger partial charge >= 0.3 is 6.03 Å². The first kappa shape index (κ1) is 21.3. The molecule has 160 valence electrons. The number of urea groups is 1. The quantitative estimate of drug-likeness (QED) is 0.541. The van der Waals surface area contributed by atoms with Crippen molar-refractivity contribution in [1.82, 2.24) is 15.1 Å². The minimum absolute atomic E-state index is 0.172. The fraction of sp³-hybridized carbons (Fsp3) is 0.273. The van der Waals surface area contributed by atoms with Gasteiger partial charge in [-0.1, -0.05) is 42.0 Å². The maximum Gasteiger partial charge on any atom is 0.322 e. The molecule has 2 heterocycles. The number of anilines is 2. The molecule has 0 saturated carbocycles.